The molecule has 0 aliphatic rings. The van der Waals surface area contributed by atoms with E-state index in [-0.39, 0.29) is 0 Å². The van der Waals surface area contributed by atoms with Gasteiger partial charge in [-0.1, -0.05) is 83.9 Å². The molecule has 0 aromatic heterocycles. The standard InChI is InChI=1S/C14H10Cl2N2O3.C12H10/c15-11-5-1-9(2-6-11)13(19)17-21-18-14(20)10-3-7-12(16)8-4-10;1-3-7-11(8-4-1)12-9-5-2-6-10-12/h1-8H,(H,17,19)(H,18,20);1-10H. The van der Waals surface area contributed by atoms with Crippen LogP contribution in [0, 0.1) is 0 Å². The summed E-state index contributed by atoms with van der Waals surface area (Å²) in [5.74, 6) is -1.02. The monoisotopic (exact) mass is 478 g/mol. The fourth-order valence-electron chi connectivity index (χ4n) is 2.70. The van der Waals surface area contributed by atoms with Crippen LogP contribution < -0.4 is 11.0 Å². The number of rotatable bonds is 5. The fraction of sp³-hybridized carbons (Fsp3) is 0. The summed E-state index contributed by atoms with van der Waals surface area (Å²) < 4.78 is 0. The van der Waals surface area contributed by atoms with Crippen LogP contribution in [0.15, 0.2) is 109 Å². The highest BCUT2D eigenvalue weighted by molar-refractivity contribution is 6.31. The summed E-state index contributed by atoms with van der Waals surface area (Å²) in [5.41, 5.74) is 7.43. The highest BCUT2D eigenvalue weighted by Crippen LogP contribution is 2.17. The predicted octanol–water partition coefficient (Wildman–Crippen LogP) is 6.35. The van der Waals surface area contributed by atoms with E-state index >= 15 is 0 Å². The van der Waals surface area contributed by atoms with Crippen molar-refractivity contribution in [3.63, 3.8) is 0 Å². The van der Waals surface area contributed by atoms with E-state index in [1.807, 2.05) is 12.1 Å². The van der Waals surface area contributed by atoms with Gasteiger partial charge in [0.05, 0.1) is 0 Å². The predicted molar refractivity (Wildman–Crippen MR) is 131 cm³/mol. The van der Waals surface area contributed by atoms with Gasteiger partial charge in [0.2, 0.25) is 0 Å². The van der Waals surface area contributed by atoms with E-state index in [4.69, 9.17) is 23.2 Å². The molecule has 5 nitrogen and oxygen atoms in total. The van der Waals surface area contributed by atoms with E-state index < -0.39 is 11.8 Å². The van der Waals surface area contributed by atoms with Crippen LogP contribution in [0.2, 0.25) is 10.0 Å². The van der Waals surface area contributed by atoms with Crippen molar-refractivity contribution in [2.75, 3.05) is 0 Å². The van der Waals surface area contributed by atoms with Crippen molar-refractivity contribution in [1.29, 1.82) is 0 Å². The van der Waals surface area contributed by atoms with Crippen molar-refractivity contribution in [3.8, 4) is 11.1 Å². The Morgan fingerprint density at radius 1 is 0.515 bits per heavy atom. The van der Waals surface area contributed by atoms with Gasteiger partial charge in [-0.25, -0.2) is 11.0 Å². The van der Waals surface area contributed by atoms with Gasteiger partial charge in [-0.15, -0.1) is 0 Å². The van der Waals surface area contributed by atoms with E-state index in [0.717, 1.165) is 0 Å². The number of hydrogen-bond donors (Lipinski definition) is 2. The number of carbonyl (C=O) groups is 2. The minimum atomic E-state index is -0.511. The number of halogens is 2. The number of hydroxylamine groups is 2. The zero-order valence-electron chi connectivity index (χ0n) is 17.4. The SMILES string of the molecule is O=C(NONC(=O)c1ccc(Cl)cc1)c1ccc(Cl)cc1.c1ccc(-c2ccccc2)cc1. The normalized spacial score (nSPS) is 9.88. The van der Waals surface area contributed by atoms with E-state index in [9.17, 15) is 9.59 Å². The molecule has 4 aromatic carbocycles. The average Bonchev–Trinajstić information content (AvgIpc) is 2.86. The van der Waals surface area contributed by atoms with Crippen molar-refractivity contribution < 1.29 is 14.5 Å². The van der Waals surface area contributed by atoms with Crippen LogP contribution in [0.3, 0.4) is 0 Å². The highest BCUT2D eigenvalue weighted by atomic mass is 35.5. The molecular formula is C26H20Cl2N2O3. The molecule has 0 radical (unpaired) electrons. The van der Waals surface area contributed by atoms with Gasteiger partial charge in [0.15, 0.2) is 0 Å². The lowest BCUT2D eigenvalue weighted by Gasteiger charge is -2.06. The maximum Gasteiger partial charge on any atom is 0.276 e. The Balaban J connectivity index is 0.000000215. The summed E-state index contributed by atoms with van der Waals surface area (Å²) in [6, 6.07) is 33.2. The van der Waals surface area contributed by atoms with Gasteiger partial charge in [0.1, 0.15) is 0 Å². The molecule has 0 spiro atoms. The van der Waals surface area contributed by atoms with Crippen molar-refractivity contribution in [2.45, 2.75) is 0 Å². The minimum Gasteiger partial charge on any atom is -0.267 e. The third-order valence-corrected chi connectivity index (χ3v) is 4.89. The van der Waals surface area contributed by atoms with E-state index in [1.54, 1.807) is 24.3 Å². The van der Waals surface area contributed by atoms with Gasteiger partial charge in [-0.05, 0) is 59.7 Å². The molecule has 0 bridgehead atoms. The Bertz CT molecular complexity index is 1070. The molecule has 0 aliphatic heterocycles. The first-order chi connectivity index (χ1) is 16.0. The summed E-state index contributed by atoms with van der Waals surface area (Å²) in [6.07, 6.45) is 0. The molecule has 4 aromatic rings. The second-order valence-corrected chi connectivity index (χ2v) is 7.58. The molecule has 7 heteroatoms. The van der Waals surface area contributed by atoms with Crippen molar-refractivity contribution in [3.05, 3.63) is 130 Å². The van der Waals surface area contributed by atoms with Crippen LogP contribution in [0.4, 0.5) is 0 Å². The van der Waals surface area contributed by atoms with E-state index in [0.29, 0.717) is 21.2 Å². The molecule has 33 heavy (non-hydrogen) atoms. The molecule has 2 amide bonds. The third kappa shape index (κ3) is 7.77. The lowest BCUT2D eigenvalue weighted by atomic mass is 10.1. The van der Waals surface area contributed by atoms with E-state index in [1.165, 1.54) is 35.4 Å². The molecule has 4 rings (SSSR count). The Kier molecular flexibility index (Phi) is 9.03. The quantitative estimate of drug-likeness (QED) is 0.328. The molecule has 2 N–H and O–H groups in total. The van der Waals surface area contributed by atoms with Crippen LogP contribution in [-0.4, -0.2) is 11.8 Å². The van der Waals surface area contributed by atoms with Crippen LogP contribution >= 0.6 is 23.2 Å². The van der Waals surface area contributed by atoms with Gasteiger partial charge < -0.3 is 0 Å². The summed E-state index contributed by atoms with van der Waals surface area (Å²) >= 11 is 11.4. The highest BCUT2D eigenvalue weighted by Gasteiger charge is 2.08. The first-order valence-electron chi connectivity index (χ1n) is 9.91. The van der Waals surface area contributed by atoms with Crippen LogP contribution in [0.5, 0.6) is 0 Å². The molecule has 0 saturated heterocycles. The first-order valence-corrected chi connectivity index (χ1v) is 10.7. The van der Waals surface area contributed by atoms with Crippen molar-refractivity contribution in [2.24, 2.45) is 0 Å². The molecule has 0 fully saturated rings. The maximum atomic E-state index is 11.7. The van der Waals surface area contributed by atoms with E-state index in [2.05, 4.69) is 64.4 Å². The van der Waals surface area contributed by atoms with Gasteiger partial charge in [0.25, 0.3) is 11.8 Å². The summed E-state index contributed by atoms with van der Waals surface area (Å²) in [6.45, 7) is 0. The van der Waals surface area contributed by atoms with Crippen LogP contribution in [0.25, 0.3) is 11.1 Å². The number of benzene rings is 4. The molecule has 0 aliphatic carbocycles. The maximum absolute atomic E-state index is 11.7. The minimum absolute atomic E-state index is 0.347. The van der Waals surface area contributed by atoms with Crippen molar-refractivity contribution >= 4 is 35.0 Å². The Morgan fingerprint density at radius 3 is 1.18 bits per heavy atom. The second-order valence-electron chi connectivity index (χ2n) is 6.71. The molecule has 0 heterocycles. The van der Waals surface area contributed by atoms with Gasteiger partial charge in [0, 0.05) is 21.2 Å². The molecular weight excluding hydrogens is 459 g/mol. The topological polar surface area (TPSA) is 67.4 Å². The molecule has 0 saturated carbocycles. The Hall–Kier alpha value is -3.64. The lowest BCUT2D eigenvalue weighted by Crippen LogP contribution is -2.34. The molecule has 0 atom stereocenters. The molecule has 166 valence electrons. The van der Waals surface area contributed by atoms with Crippen LogP contribution in [0.1, 0.15) is 20.7 Å². The number of carbonyl (C=O) groups excluding carboxylic acids is 2. The number of amides is 2. The van der Waals surface area contributed by atoms with Gasteiger partial charge in [-0.3, -0.25) is 9.59 Å². The lowest BCUT2D eigenvalue weighted by molar-refractivity contribution is -0.0184. The summed E-state index contributed by atoms with van der Waals surface area (Å²) in [7, 11) is 0. The molecule has 0 unspecified atom stereocenters. The van der Waals surface area contributed by atoms with Crippen LogP contribution in [-0.2, 0) is 4.94 Å². The van der Waals surface area contributed by atoms with Gasteiger partial charge >= 0.3 is 0 Å². The zero-order valence-corrected chi connectivity index (χ0v) is 18.9. The summed E-state index contributed by atoms with van der Waals surface area (Å²) in [4.78, 5) is 28.0. The summed E-state index contributed by atoms with van der Waals surface area (Å²) in [5, 5.41) is 1.03. The zero-order chi connectivity index (χ0) is 23.5. The average molecular weight is 479 g/mol. The Labute approximate surface area is 201 Å². The fourth-order valence-corrected chi connectivity index (χ4v) is 2.95. The second kappa shape index (κ2) is 12.4. The third-order valence-electron chi connectivity index (χ3n) is 4.38. The van der Waals surface area contributed by atoms with Crippen molar-refractivity contribution in [1.82, 2.24) is 11.0 Å². The first kappa shape index (κ1) is 24.0. The Morgan fingerprint density at radius 2 is 0.848 bits per heavy atom. The van der Waals surface area contributed by atoms with Gasteiger partial charge in [-0.2, -0.15) is 4.94 Å². The largest absolute Gasteiger partial charge is 0.276 e. The number of hydrogen-bond acceptors (Lipinski definition) is 3. The smallest absolute Gasteiger partial charge is 0.267 e. The number of nitrogens with one attached hydrogen (secondary N) is 2.